The summed E-state index contributed by atoms with van der Waals surface area (Å²) < 4.78 is 0. The van der Waals surface area contributed by atoms with E-state index in [2.05, 4.69) is 5.32 Å². The molecule has 21 heavy (non-hydrogen) atoms. The van der Waals surface area contributed by atoms with Crippen molar-refractivity contribution >= 4 is 17.5 Å². The Morgan fingerprint density at radius 2 is 1.81 bits per heavy atom. The Morgan fingerprint density at radius 1 is 1.14 bits per heavy atom. The lowest BCUT2D eigenvalue weighted by Crippen LogP contribution is -2.42. The summed E-state index contributed by atoms with van der Waals surface area (Å²) in [5.74, 6) is -0.553. The predicted molar refractivity (Wildman–Crippen MR) is 82.8 cm³/mol. The van der Waals surface area contributed by atoms with E-state index in [0.717, 1.165) is 38.5 Å². The molecule has 0 atom stereocenters. The molecule has 0 spiro atoms. The smallest absolute Gasteiger partial charge is 0.248 e. The maximum Gasteiger partial charge on any atom is 0.248 e. The van der Waals surface area contributed by atoms with Crippen LogP contribution in [-0.4, -0.2) is 18.4 Å². The average Bonchev–Trinajstić information content (AvgIpc) is 2.74. The Hall–Kier alpha value is -1.88. The van der Waals surface area contributed by atoms with Crippen molar-refractivity contribution in [3.05, 3.63) is 29.8 Å². The van der Waals surface area contributed by atoms with E-state index in [1.807, 2.05) is 0 Å². The molecule has 0 radical (unpaired) electrons. The van der Waals surface area contributed by atoms with Gasteiger partial charge < -0.3 is 16.8 Å². The highest BCUT2D eigenvalue weighted by molar-refractivity contribution is 5.98. The van der Waals surface area contributed by atoms with Crippen LogP contribution < -0.4 is 16.8 Å². The summed E-state index contributed by atoms with van der Waals surface area (Å²) in [5, 5.41) is 2.90. The van der Waals surface area contributed by atoms with Gasteiger partial charge in [-0.3, -0.25) is 9.59 Å². The van der Waals surface area contributed by atoms with E-state index in [1.165, 1.54) is 0 Å². The van der Waals surface area contributed by atoms with Gasteiger partial charge in [0.15, 0.2) is 0 Å². The van der Waals surface area contributed by atoms with Gasteiger partial charge in [0.25, 0.3) is 0 Å². The minimum Gasteiger partial charge on any atom is -0.366 e. The van der Waals surface area contributed by atoms with E-state index in [-0.39, 0.29) is 5.91 Å². The molecule has 0 saturated heterocycles. The van der Waals surface area contributed by atoms with Crippen LogP contribution in [0.4, 0.5) is 5.69 Å². The van der Waals surface area contributed by atoms with Crippen molar-refractivity contribution in [2.45, 2.75) is 38.5 Å². The number of primary amides is 1. The number of carbonyl (C=O) groups excluding carboxylic acids is 2. The van der Waals surface area contributed by atoms with Gasteiger partial charge in [0.05, 0.1) is 5.41 Å². The van der Waals surface area contributed by atoms with Crippen LogP contribution >= 0.6 is 0 Å². The third-order valence-electron chi connectivity index (χ3n) is 4.34. The molecule has 0 bridgehead atoms. The number of amides is 2. The number of rotatable bonds is 4. The molecule has 2 amide bonds. The quantitative estimate of drug-likeness (QED) is 0.739. The van der Waals surface area contributed by atoms with Gasteiger partial charge in [0.2, 0.25) is 11.8 Å². The first kappa shape index (κ1) is 15.5. The highest BCUT2D eigenvalue weighted by Crippen LogP contribution is 2.35. The molecule has 0 aliphatic heterocycles. The molecule has 0 unspecified atom stereocenters. The highest BCUT2D eigenvalue weighted by atomic mass is 16.2. The van der Waals surface area contributed by atoms with E-state index in [4.69, 9.17) is 11.5 Å². The zero-order chi connectivity index (χ0) is 15.3. The molecular weight excluding hydrogens is 266 g/mol. The second-order valence-electron chi connectivity index (χ2n) is 5.80. The molecule has 1 aromatic carbocycles. The molecule has 2 rings (SSSR count). The lowest BCUT2D eigenvalue weighted by atomic mass is 9.79. The van der Waals surface area contributed by atoms with Gasteiger partial charge in [-0.2, -0.15) is 0 Å². The molecule has 5 heteroatoms. The van der Waals surface area contributed by atoms with Crippen LogP contribution in [0.2, 0.25) is 0 Å². The molecule has 5 N–H and O–H groups in total. The number of hydrogen-bond acceptors (Lipinski definition) is 3. The summed E-state index contributed by atoms with van der Waals surface area (Å²) in [6.07, 6.45) is 6.03. The third-order valence-corrected chi connectivity index (χ3v) is 4.34. The maximum absolute atomic E-state index is 12.6. The van der Waals surface area contributed by atoms with Gasteiger partial charge in [-0.15, -0.1) is 0 Å². The van der Waals surface area contributed by atoms with Crippen LogP contribution in [0.3, 0.4) is 0 Å². The lowest BCUT2D eigenvalue weighted by Gasteiger charge is -2.29. The first-order chi connectivity index (χ1) is 10.1. The Kier molecular flexibility index (Phi) is 4.96. The van der Waals surface area contributed by atoms with Gasteiger partial charge in [-0.25, -0.2) is 0 Å². The highest BCUT2D eigenvalue weighted by Gasteiger charge is 2.37. The second-order valence-corrected chi connectivity index (χ2v) is 5.80. The van der Waals surface area contributed by atoms with Crippen LogP contribution in [0, 0.1) is 5.41 Å². The normalized spacial score (nSPS) is 17.8. The number of benzene rings is 1. The fourth-order valence-corrected chi connectivity index (χ4v) is 2.94. The van der Waals surface area contributed by atoms with Crippen molar-refractivity contribution in [3.63, 3.8) is 0 Å². The van der Waals surface area contributed by atoms with Gasteiger partial charge in [-0.05, 0) is 31.0 Å². The van der Waals surface area contributed by atoms with Gasteiger partial charge in [0.1, 0.15) is 0 Å². The Labute approximate surface area is 125 Å². The second kappa shape index (κ2) is 6.72. The van der Waals surface area contributed by atoms with Crippen LogP contribution in [0.25, 0.3) is 0 Å². The van der Waals surface area contributed by atoms with Crippen molar-refractivity contribution in [2.75, 3.05) is 11.9 Å². The number of carbonyl (C=O) groups is 2. The maximum atomic E-state index is 12.6. The average molecular weight is 289 g/mol. The van der Waals surface area contributed by atoms with Crippen molar-refractivity contribution < 1.29 is 9.59 Å². The predicted octanol–water partition coefficient (Wildman–Crippen LogP) is 2.02. The number of nitrogens with one attached hydrogen (secondary N) is 1. The molecule has 1 fully saturated rings. The fourth-order valence-electron chi connectivity index (χ4n) is 2.94. The Balaban J connectivity index is 2.15. The molecule has 114 valence electrons. The third kappa shape index (κ3) is 3.61. The molecule has 1 saturated carbocycles. The fraction of sp³-hybridized carbons (Fsp3) is 0.500. The van der Waals surface area contributed by atoms with E-state index < -0.39 is 11.3 Å². The first-order valence-electron chi connectivity index (χ1n) is 7.49. The molecule has 1 aliphatic rings. The van der Waals surface area contributed by atoms with Crippen molar-refractivity contribution in [2.24, 2.45) is 16.9 Å². The minimum absolute atomic E-state index is 0.0477. The van der Waals surface area contributed by atoms with Crippen LogP contribution in [0.5, 0.6) is 0 Å². The van der Waals surface area contributed by atoms with Gasteiger partial charge >= 0.3 is 0 Å². The van der Waals surface area contributed by atoms with Crippen LogP contribution in [-0.2, 0) is 4.79 Å². The first-order valence-corrected chi connectivity index (χ1v) is 7.49. The zero-order valence-electron chi connectivity index (χ0n) is 12.2. The number of anilines is 1. The summed E-state index contributed by atoms with van der Waals surface area (Å²) in [5.41, 5.74) is 11.7. The van der Waals surface area contributed by atoms with Gasteiger partial charge in [-0.1, -0.05) is 31.7 Å². The van der Waals surface area contributed by atoms with E-state index in [1.54, 1.807) is 24.3 Å². The zero-order valence-corrected chi connectivity index (χ0v) is 12.2. The monoisotopic (exact) mass is 289 g/mol. The molecule has 0 aromatic heterocycles. The molecular formula is C16H23N3O2. The number of hydrogen-bond donors (Lipinski definition) is 3. The Bertz CT molecular complexity index is 520. The summed E-state index contributed by atoms with van der Waals surface area (Å²) in [7, 11) is 0. The standard InChI is InChI=1S/C16H23N3O2/c17-11-16(8-3-1-2-4-9-16)15(21)19-13-7-5-6-12(10-13)14(18)20/h5-7,10H,1-4,8-9,11,17H2,(H2,18,20)(H,19,21). The largest absolute Gasteiger partial charge is 0.366 e. The van der Waals surface area contributed by atoms with Crippen molar-refractivity contribution in [3.8, 4) is 0 Å². The molecule has 1 aliphatic carbocycles. The molecule has 5 nitrogen and oxygen atoms in total. The minimum atomic E-state index is -0.505. The molecule has 0 heterocycles. The number of nitrogens with two attached hydrogens (primary N) is 2. The molecule has 1 aromatic rings. The SMILES string of the molecule is NCC1(C(=O)Nc2cccc(C(N)=O)c2)CCCCCC1. The van der Waals surface area contributed by atoms with Crippen molar-refractivity contribution in [1.82, 2.24) is 0 Å². The summed E-state index contributed by atoms with van der Waals surface area (Å²) in [6, 6.07) is 6.69. The van der Waals surface area contributed by atoms with Gasteiger partial charge in [0, 0.05) is 17.8 Å². The summed E-state index contributed by atoms with van der Waals surface area (Å²) >= 11 is 0. The Morgan fingerprint density at radius 3 is 2.38 bits per heavy atom. The van der Waals surface area contributed by atoms with E-state index >= 15 is 0 Å². The summed E-state index contributed by atoms with van der Waals surface area (Å²) in [4.78, 5) is 23.8. The van der Waals surface area contributed by atoms with Crippen LogP contribution in [0.1, 0.15) is 48.9 Å². The van der Waals surface area contributed by atoms with E-state index in [9.17, 15) is 9.59 Å². The lowest BCUT2D eigenvalue weighted by molar-refractivity contribution is -0.125. The van der Waals surface area contributed by atoms with Crippen molar-refractivity contribution in [1.29, 1.82) is 0 Å². The summed E-state index contributed by atoms with van der Waals surface area (Å²) in [6.45, 7) is 0.355. The van der Waals surface area contributed by atoms with Crippen LogP contribution in [0.15, 0.2) is 24.3 Å². The topological polar surface area (TPSA) is 98.2 Å². The van der Waals surface area contributed by atoms with E-state index in [0.29, 0.717) is 17.8 Å².